The Morgan fingerprint density at radius 2 is 2.11 bits per heavy atom. The molecule has 0 bridgehead atoms. The average Bonchev–Trinajstić information content (AvgIpc) is 2.44. The highest BCUT2D eigenvalue weighted by molar-refractivity contribution is 5.98. The van der Waals surface area contributed by atoms with Gasteiger partial charge in [0.2, 0.25) is 10.5 Å². The molecule has 0 N–H and O–H groups in total. The zero-order valence-corrected chi connectivity index (χ0v) is 12.2. The molecule has 1 unspecified atom stereocenters. The quantitative estimate of drug-likeness (QED) is 0.316. The van der Waals surface area contributed by atoms with Crippen LogP contribution in [0.15, 0.2) is 36.9 Å². The molecule has 1 aromatic rings. The van der Waals surface area contributed by atoms with E-state index < -0.39 is 0 Å². The second-order valence-electron chi connectivity index (χ2n) is 4.38. The van der Waals surface area contributed by atoms with Gasteiger partial charge in [0.25, 0.3) is 0 Å². The molecule has 0 aliphatic rings. The van der Waals surface area contributed by atoms with Crippen molar-refractivity contribution in [2.24, 2.45) is 0 Å². The molecule has 101 valence electrons. The van der Waals surface area contributed by atoms with Crippen LogP contribution in [0.25, 0.3) is 0 Å². The maximum Gasteiger partial charge on any atom is 0.330 e. The van der Waals surface area contributed by atoms with Crippen molar-refractivity contribution >= 4 is 16.5 Å². The van der Waals surface area contributed by atoms with Gasteiger partial charge in [-0.1, -0.05) is 30.8 Å². The molecule has 0 aliphatic carbocycles. The SMILES string of the molecule is C=CC(=O)OCCCc1ccccc1CC(C)O[Si]. The van der Waals surface area contributed by atoms with Crippen LogP contribution in [0.3, 0.4) is 0 Å². The number of hydrogen-bond donors (Lipinski definition) is 0. The Morgan fingerprint density at radius 1 is 1.42 bits per heavy atom. The molecule has 0 saturated carbocycles. The van der Waals surface area contributed by atoms with Crippen molar-refractivity contribution in [2.45, 2.75) is 32.3 Å². The largest absolute Gasteiger partial charge is 0.463 e. The van der Waals surface area contributed by atoms with Crippen molar-refractivity contribution in [2.75, 3.05) is 6.61 Å². The van der Waals surface area contributed by atoms with Crippen molar-refractivity contribution in [1.29, 1.82) is 0 Å². The maximum absolute atomic E-state index is 10.9. The van der Waals surface area contributed by atoms with Crippen LogP contribution < -0.4 is 0 Å². The molecule has 0 saturated heterocycles. The molecular weight excluding hydrogens is 256 g/mol. The third-order valence-electron chi connectivity index (χ3n) is 2.83. The predicted octanol–water partition coefficient (Wildman–Crippen LogP) is 2.38. The number of carbonyl (C=O) groups is 1. The molecule has 0 heterocycles. The van der Waals surface area contributed by atoms with E-state index in [1.165, 1.54) is 17.2 Å². The molecule has 0 aliphatic heterocycles. The van der Waals surface area contributed by atoms with Gasteiger partial charge in [-0.3, -0.25) is 0 Å². The number of ether oxygens (including phenoxy) is 1. The Balaban J connectivity index is 2.48. The molecule has 1 rings (SSSR count). The summed E-state index contributed by atoms with van der Waals surface area (Å²) in [6.45, 7) is 5.79. The molecule has 3 nitrogen and oxygen atoms in total. The Bertz CT molecular complexity index is 418. The molecule has 1 aromatic carbocycles. The summed E-state index contributed by atoms with van der Waals surface area (Å²) in [4.78, 5) is 10.9. The first-order valence-corrected chi connectivity index (χ1v) is 6.76. The van der Waals surface area contributed by atoms with E-state index in [4.69, 9.17) is 9.16 Å². The van der Waals surface area contributed by atoms with Gasteiger partial charge in [-0.05, 0) is 37.3 Å². The van der Waals surface area contributed by atoms with Gasteiger partial charge in [-0.2, -0.15) is 0 Å². The zero-order chi connectivity index (χ0) is 14.1. The average molecular weight is 275 g/mol. The molecular formula is C15H19O3Si. The standard InChI is InChI=1S/C15H19O3Si/c1-3-15(16)17-10-6-9-13-7-4-5-8-14(13)11-12(2)18-19/h3-5,7-8,12H,1,6,9-11H2,2H3. The first kappa shape index (κ1) is 15.7. The monoisotopic (exact) mass is 275 g/mol. The van der Waals surface area contributed by atoms with E-state index in [-0.39, 0.29) is 12.1 Å². The molecule has 1 atom stereocenters. The highest BCUT2D eigenvalue weighted by atomic mass is 28.2. The van der Waals surface area contributed by atoms with Crippen molar-refractivity contribution in [3.8, 4) is 0 Å². The molecule has 0 fully saturated rings. The Morgan fingerprint density at radius 3 is 2.74 bits per heavy atom. The second-order valence-corrected chi connectivity index (χ2v) is 4.61. The summed E-state index contributed by atoms with van der Waals surface area (Å²) < 4.78 is 10.1. The summed E-state index contributed by atoms with van der Waals surface area (Å²) in [6, 6.07) is 8.25. The first-order valence-electron chi connectivity index (χ1n) is 6.35. The minimum absolute atomic E-state index is 0.122. The number of rotatable bonds is 8. The Kier molecular flexibility index (Phi) is 7.14. The van der Waals surface area contributed by atoms with Crippen LogP contribution in [0.1, 0.15) is 24.5 Å². The number of aryl methyl sites for hydroxylation is 1. The zero-order valence-electron chi connectivity index (χ0n) is 11.2. The van der Waals surface area contributed by atoms with Crippen LogP contribution in [-0.2, 0) is 26.8 Å². The topological polar surface area (TPSA) is 35.5 Å². The molecule has 0 aromatic heterocycles. The third-order valence-corrected chi connectivity index (χ3v) is 3.23. The minimum Gasteiger partial charge on any atom is -0.463 e. The summed E-state index contributed by atoms with van der Waals surface area (Å²) >= 11 is 0. The second kappa shape index (κ2) is 8.66. The van der Waals surface area contributed by atoms with Crippen molar-refractivity contribution in [3.05, 3.63) is 48.0 Å². The fourth-order valence-electron chi connectivity index (χ4n) is 1.85. The third kappa shape index (κ3) is 5.85. The lowest BCUT2D eigenvalue weighted by Crippen LogP contribution is -2.11. The van der Waals surface area contributed by atoms with Gasteiger partial charge in [0.15, 0.2) is 0 Å². The lowest BCUT2D eigenvalue weighted by Gasteiger charge is -2.13. The molecule has 3 radical (unpaired) electrons. The molecule has 0 amide bonds. The van der Waals surface area contributed by atoms with E-state index in [1.54, 1.807) is 0 Å². The van der Waals surface area contributed by atoms with Crippen LogP contribution in [0.5, 0.6) is 0 Å². The van der Waals surface area contributed by atoms with Gasteiger partial charge in [0.1, 0.15) is 0 Å². The van der Waals surface area contributed by atoms with Gasteiger partial charge in [0, 0.05) is 12.2 Å². The highest BCUT2D eigenvalue weighted by Gasteiger charge is 2.06. The normalized spacial score (nSPS) is 11.9. The van der Waals surface area contributed by atoms with Crippen LogP contribution in [0.2, 0.25) is 0 Å². The van der Waals surface area contributed by atoms with Gasteiger partial charge in [-0.25, -0.2) is 4.79 Å². The predicted molar refractivity (Wildman–Crippen MR) is 75.9 cm³/mol. The van der Waals surface area contributed by atoms with Crippen LogP contribution in [0.4, 0.5) is 0 Å². The summed E-state index contributed by atoms with van der Waals surface area (Å²) in [5.74, 6) is -0.366. The maximum atomic E-state index is 10.9. The van der Waals surface area contributed by atoms with Crippen molar-refractivity contribution < 1.29 is 14.0 Å². The van der Waals surface area contributed by atoms with Gasteiger partial charge >= 0.3 is 5.97 Å². The smallest absolute Gasteiger partial charge is 0.330 e. The Hall–Kier alpha value is -1.39. The van der Waals surface area contributed by atoms with Crippen LogP contribution in [0, 0.1) is 0 Å². The molecule has 0 spiro atoms. The molecule has 4 heteroatoms. The lowest BCUT2D eigenvalue weighted by molar-refractivity contribution is -0.137. The summed E-state index contributed by atoms with van der Waals surface area (Å²) in [5.41, 5.74) is 2.54. The first-order chi connectivity index (χ1) is 9.17. The van der Waals surface area contributed by atoms with Crippen LogP contribution >= 0.6 is 0 Å². The van der Waals surface area contributed by atoms with Gasteiger partial charge < -0.3 is 9.16 Å². The van der Waals surface area contributed by atoms with E-state index in [2.05, 4.69) is 29.2 Å². The number of hydrogen-bond acceptors (Lipinski definition) is 3. The number of benzene rings is 1. The van der Waals surface area contributed by atoms with Gasteiger partial charge in [0.05, 0.1) is 6.61 Å². The van der Waals surface area contributed by atoms with E-state index >= 15 is 0 Å². The van der Waals surface area contributed by atoms with Crippen LogP contribution in [-0.4, -0.2) is 29.2 Å². The van der Waals surface area contributed by atoms with Crippen molar-refractivity contribution in [3.63, 3.8) is 0 Å². The summed E-state index contributed by atoms with van der Waals surface area (Å²) in [5, 5.41) is 0. The summed E-state index contributed by atoms with van der Waals surface area (Å²) in [6.07, 6.45) is 3.85. The molecule has 19 heavy (non-hydrogen) atoms. The van der Waals surface area contributed by atoms with Crippen molar-refractivity contribution in [1.82, 2.24) is 0 Å². The fraction of sp³-hybridized carbons (Fsp3) is 0.400. The lowest BCUT2D eigenvalue weighted by atomic mass is 9.99. The number of carbonyl (C=O) groups excluding carboxylic acids is 1. The number of esters is 1. The van der Waals surface area contributed by atoms with E-state index in [0.717, 1.165) is 19.3 Å². The minimum atomic E-state index is -0.366. The van der Waals surface area contributed by atoms with Gasteiger partial charge in [-0.15, -0.1) is 0 Å². The summed E-state index contributed by atoms with van der Waals surface area (Å²) in [7, 11) is 3.07. The fourth-order valence-corrected chi connectivity index (χ4v) is 1.93. The van der Waals surface area contributed by atoms with E-state index in [0.29, 0.717) is 6.61 Å². The van der Waals surface area contributed by atoms with E-state index in [9.17, 15) is 4.79 Å². The Labute approximate surface area is 118 Å². The highest BCUT2D eigenvalue weighted by Crippen LogP contribution is 2.14. The van der Waals surface area contributed by atoms with E-state index in [1.807, 2.05) is 19.1 Å².